The molecule has 3 aromatic carbocycles. The monoisotopic (exact) mass is 900 g/mol. The molecule has 0 aliphatic carbocycles. The lowest BCUT2D eigenvalue weighted by Crippen LogP contribution is -2.44. The maximum absolute atomic E-state index is 15.7. The quantitative estimate of drug-likeness (QED) is 0.128. The molecule has 6 heterocycles. The van der Waals surface area contributed by atoms with Gasteiger partial charge in [-0.2, -0.15) is 5.10 Å². The van der Waals surface area contributed by atoms with E-state index < -0.39 is 5.97 Å². The van der Waals surface area contributed by atoms with Gasteiger partial charge in [-0.25, -0.2) is 4.79 Å². The Morgan fingerprint density at radius 2 is 1.64 bits per heavy atom. The van der Waals surface area contributed by atoms with Crippen LogP contribution in [0.3, 0.4) is 0 Å². The van der Waals surface area contributed by atoms with Crippen LogP contribution in [-0.2, 0) is 20.0 Å². The second kappa shape index (κ2) is 17.0. The number of hydrogen-bond donors (Lipinski definition) is 1. The van der Waals surface area contributed by atoms with Crippen molar-refractivity contribution in [3.8, 4) is 16.9 Å². The van der Waals surface area contributed by atoms with E-state index in [1.165, 1.54) is 0 Å². The summed E-state index contributed by atoms with van der Waals surface area (Å²) in [5, 5.41) is 18.4. The third kappa shape index (κ3) is 7.58. The number of amides is 1. The van der Waals surface area contributed by atoms with Gasteiger partial charge in [0.15, 0.2) is 0 Å². The first-order valence-corrected chi connectivity index (χ1v) is 22.7. The van der Waals surface area contributed by atoms with Crippen molar-refractivity contribution < 1.29 is 19.4 Å². The van der Waals surface area contributed by atoms with Gasteiger partial charge in [0, 0.05) is 90.3 Å². The van der Waals surface area contributed by atoms with Crippen molar-refractivity contribution in [2.24, 2.45) is 7.05 Å². The molecule has 64 heavy (non-hydrogen) atoms. The van der Waals surface area contributed by atoms with Gasteiger partial charge in [0.2, 0.25) is 0 Å². The molecule has 0 bridgehead atoms. The number of aromatic carboxylic acids is 1. The average molecular weight is 902 g/mol. The van der Waals surface area contributed by atoms with Gasteiger partial charge in [0.25, 0.3) is 5.91 Å². The highest BCUT2D eigenvalue weighted by Crippen LogP contribution is 2.46. The number of anilines is 2. The van der Waals surface area contributed by atoms with Crippen LogP contribution >= 0.6 is 23.2 Å². The van der Waals surface area contributed by atoms with Gasteiger partial charge >= 0.3 is 5.97 Å². The Kier molecular flexibility index (Phi) is 11.5. The van der Waals surface area contributed by atoms with Crippen LogP contribution in [-0.4, -0.2) is 92.2 Å². The number of carboxylic acids is 1. The number of benzene rings is 3. The van der Waals surface area contributed by atoms with E-state index in [0.29, 0.717) is 47.9 Å². The van der Waals surface area contributed by atoms with E-state index in [2.05, 4.69) is 34.4 Å². The summed E-state index contributed by atoms with van der Waals surface area (Å²) < 4.78 is 12.2. The van der Waals surface area contributed by atoms with Crippen molar-refractivity contribution >= 4 is 68.3 Å². The van der Waals surface area contributed by atoms with Gasteiger partial charge in [-0.15, -0.1) is 0 Å². The SMILES string of the molecule is Cc1cc(N2CC(C)n3c(c(CCCOc4cc(C)c(Cl)c(C)c4)c4ccc(Cl)c(-c5c(C)nn(C)c5C)c43)C2=O)c2c(c1)cc(C(=O)O)n2Cc1cc(N2CCN(C)CC2)ccn1. The summed E-state index contributed by atoms with van der Waals surface area (Å²) >= 11 is 13.7. The van der Waals surface area contributed by atoms with Gasteiger partial charge in [0.05, 0.1) is 46.3 Å². The number of pyridine rings is 1. The molecule has 12 nitrogen and oxygen atoms in total. The van der Waals surface area contributed by atoms with Gasteiger partial charge in [-0.05, 0) is 132 Å². The van der Waals surface area contributed by atoms with Crippen LogP contribution in [0.1, 0.15) is 79.7 Å². The van der Waals surface area contributed by atoms with Gasteiger partial charge in [-0.3, -0.25) is 14.5 Å². The first kappa shape index (κ1) is 43.4. The Labute approximate surface area is 383 Å². The summed E-state index contributed by atoms with van der Waals surface area (Å²) in [6.07, 6.45) is 2.99. The largest absolute Gasteiger partial charge is 0.494 e. The minimum Gasteiger partial charge on any atom is -0.494 e. The molecule has 1 amide bonds. The smallest absolute Gasteiger partial charge is 0.352 e. The minimum atomic E-state index is -1.05. The summed E-state index contributed by atoms with van der Waals surface area (Å²) in [7, 11) is 4.06. The molecule has 0 saturated carbocycles. The molecule has 2 aliphatic rings. The normalized spacial score (nSPS) is 15.8. The number of carbonyl (C=O) groups is 2. The topological polar surface area (TPSA) is 114 Å². The average Bonchev–Trinajstić information content (AvgIpc) is 3.87. The highest BCUT2D eigenvalue weighted by molar-refractivity contribution is 6.35. The fourth-order valence-electron chi connectivity index (χ4n) is 10.00. The number of likely N-dealkylation sites (N-methyl/N-ethyl adjacent to an activating group) is 1. The Morgan fingerprint density at radius 1 is 0.906 bits per heavy atom. The second-order valence-corrected chi connectivity index (χ2v) is 18.5. The number of aryl methyl sites for hydroxylation is 6. The number of ether oxygens (including phenoxy) is 1. The standard InChI is InChI=1S/C50H54Cl2N8O4/c1-28-20-34-24-42(50(62)63)58(27-35-25-36(13-14-53-35)57-17-15-55(7)16-18-57)46(34)41(21-28)59-26-31(4)60-47-39(11-12-40(51)44(47)43-32(5)54-56(8)33(43)6)38(48(60)49(59)61)10-9-19-64-37-22-29(2)45(52)30(3)23-37/h11-14,20-25,31H,9-10,15-19,26-27H2,1-8H3,(H,62,63). The molecule has 1 fully saturated rings. The van der Waals surface area contributed by atoms with Crippen molar-refractivity contribution in [2.45, 2.75) is 67.0 Å². The van der Waals surface area contributed by atoms with E-state index in [1.54, 1.807) is 12.3 Å². The van der Waals surface area contributed by atoms with E-state index in [4.69, 9.17) is 38.0 Å². The summed E-state index contributed by atoms with van der Waals surface area (Å²) in [6.45, 7) is 16.8. The maximum Gasteiger partial charge on any atom is 0.352 e. The van der Waals surface area contributed by atoms with Gasteiger partial charge < -0.3 is 33.7 Å². The van der Waals surface area contributed by atoms with E-state index in [1.807, 2.05) is 98.3 Å². The lowest BCUT2D eigenvalue weighted by Gasteiger charge is -2.35. The third-order valence-electron chi connectivity index (χ3n) is 13.2. The van der Waals surface area contributed by atoms with Crippen molar-refractivity contribution in [1.29, 1.82) is 0 Å². The number of piperazine rings is 1. The van der Waals surface area contributed by atoms with E-state index >= 15 is 4.79 Å². The first-order valence-electron chi connectivity index (χ1n) is 21.9. The molecule has 1 atom stereocenters. The number of nitrogens with zero attached hydrogens (tertiary/aromatic N) is 8. The number of hydrogen-bond acceptors (Lipinski definition) is 7. The Bertz CT molecular complexity index is 2990. The molecule has 2 aliphatic heterocycles. The molecule has 1 N–H and O–H groups in total. The zero-order valence-electron chi connectivity index (χ0n) is 37.7. The molecular formula is C50H54Cl2N8O4. The van der Waals surface area contributed by atoms with Crippen LogP contribution in [0.5, 0.6) is 5.75 Å². The Balaban J connectivity index is 1.17. The molecule has 1 saturated heterocycles. The van der Waals surface area contributed by atoms with Gasteiger partial charge in [-0.1, -0.05) is 29.3 Å². The van der Waals surface area contributed by atoms with Gasteiger partial charge in [0.1, 0.15) is 17.1 Å². The predicted molar refractivity (Wildman–Crippen MR) is 256 cm³/mol. The van der Waals surface area contributed by atoms with Crippen LogP contribution in [0, 0.1) is 34.6 Å². The zero-order valence-corrected chi connectivity index (χ0v) is 39.2. The fourth-order valence-corrected chi connectivity index (χ4v) is 10.4. The fraction of sp³-hybridized carbons (Fsp3) is 0.360. The van der Waals surface area contributed by atoms with Crippen molar-refractivity contribution in [1.82, 2.24) is 28.8 Å². The summed E-state index contributed by atoms with van der Waals surface area (Å²) in [5.74, 6) is -0.459. The minimum absolute atomic E-state index is 0.133. The number of carbonyl (C=O) groups excluding carboxylic acids is 1. The first-order chi connectivity index (χ1) is 30.6. The van der Waals surface area contributed by atoms with Crippen molar-refractivity contribution in [2.75, 3.05) is 56.2 Å². The van der Waals surface area contributed by atoms with Crippen LogP contribution in [0.2, 0.25) is 10.0 Å². The van der Waals surface area contributed by atoms with E-state index in [9.17, 15) is 9.90 Å². The molecule has 4 aromatic heterocycles. The molecular weight excluding hydrogens is 848 g/mol. The molecule has 0 radical (unpaired) electrons. The van der Waals surface area contributed by atoms with E-state index in [-0.39, 0.29) is 24.2 Å². The molecule has 9 rings (SSSR count). The van der Waals surface area contributed by atoms with Crippen molar-refractivity contribution in [3.63, 3.8) is 0 Å². The predicted octanol–water partition coefficient (Wildman–Crippen LogP) is 9.97. The van der Waals surface area contributed by atoms with Crippen LogP contribution < -0.4 is 14.5 Å². The molecule has 7 aromatic rings. The molecule has 14 heteroatoms. The van der Waals surface area contributed by atoms with Crippen LogP contribution in [0.15, 0.2) is 60.8 Å². The molecule has 0 spiro atoms. The summed E-state index contributed by atoms with van der Waals surface area (Å²) in [4.78, 5) is 39.9. The lowest BCUT2D eigenvalue weighted by molar-refractivity contribution is 0.0686. The Morgan fingerprint density at radius 3 is 2.33 bits per heavy atom. The second-order valence-electron chi connectivity index (χ2n) is 17.7. The summed E-state index contributed by atoms with van der Waals surface area (Å²) in [5.41, 5.74) is 12.1. The lowest BCUT2D eigenvalue weighted by atomic mass is 9.98. The van der Waals surface area contributed by atoms with Crippen LogP contribution in [0.4, 0.5) is 11.4 Å². The zero-order chi connectivity index (χ0) is 45.3. The number of carboxylic acid groups (broad SMARTS) is 1. The van der Waals surface area contributed by atoms with Crippen molar-refractivity contribution in [3.05, 3.63) is 122 Å². The molecule has 1 unspecified atom stereocenters. The number of aromatic nitrogens is 5. The highest BCUT2D eigenvalue weighted by Gasteiger charge is 2.38. The van der Waals surface area contributed by atoms with Crippen LogP contribution in [0.25, 0.3) is 32.9 Å². The Hall–Kier alpha value is -5.82. The molecule has 332 valence electrons. The highest BCUT2D eigenvalue weighted by atomic mass is 35.5. The summed E-state index contributed by atoms with van der Waals surface area (Å²) in [6, 6.07) is 17.5. The number of rotatable bonds is 11. The van der Waals surface area contributed by atoms with E-state index in [0.717, 1.165) is 109 Å². The third-order valence-corrected chi connectivity index (χ3v) is 14.1. The number of halogens is 2. The number of fused-ring (bicyclic) bond motifs is 4. The maximum atomic E-state index is 15.7.